The van der Waals surface area contributed by atoms with Crippen LogP contribution in [0.5, 0.6) is 11.5 Å². The van der Waals surface area contributed by atoms with Crippen LogP contribution in [0.3, 0.4) is 0 Å². The van der Waals surface area contributed by atoms with E-state index in [0.29, 0.717) is 16.5 Å². The zero-order valence-corrected chi connectivity index (χ0v) is 16.1. The van der Waals surface area contributed by atoms with Gasteiger partial charge in [0, 0.05) is 6.04 Å². The van der Waals surface area contributed by atoms with Gasteiger partial charge in [0.2, 0.25) is 10.0 Å². The lowest BCUT2D eigenvalue weighted by molar-refractivity contribution is -0.118. The molecule has 1 saturated carbocycles. The van der Waals surface area contributed by atoms with E-state index in [0.717, 1.165) is 12.8 Å². The van der Waals surface area contributed by atoms with E-state index in [1.807, 2.05) is 0 Å². The fourth-order valence-electron chi connectivity index (χ4n) is 2.33. The second kappa shape index (κ2) is 8.16. The van der Waals surface area contributed by atoms with E-state index in [4.69, 9.17) is 21.1 Å². The normalized spacial score (nSPS) is 13.9. The quantitative estimate of drug-likeness (QED) is 0.697. The van der Waals surface area contributed by atoms with Gasteiger partial charge in [0.25, 0.3) is 5.91 Å². The third kappa shape index (κ3) is 5.12. The molecule has 2 N–H and O–H groups in total. The van der Waals surface area contributed by atoms with Gasteiger partial charge in [0.05, 0.1) is 22.7 Å². The summed E-state index contributed by atoms with van der Waals surface area (Å²) in [5.74, 6) is 0.246. The van der Waals surface area contributed by atoms with Crippen molar-refractivity contribution in [3.63, 3.8) is 0 Å². The van der Waals surface area contributed by atoms with Gasteiger partial charge in [-0.05, 0) is 43.2 Å². The van der Waals surface area contributed by atoms with Gasteiger partial charge >= 0.3 is 0 Å². The number of nitrogens with one attached hydrogen (secondary N) is 2. The van der Waals surface area contributed by atoms with Crippen molar-refractivity contribution in [2.45, 2.75) is 23.8 Å². The van der Waals surface area contributed by atoms with Crippen LogP contribution >= 0.6 is 11.6 Å². The van der Waals surface area contributed by atoms with Gasteiger partial charge in [-0.3, -0.25) is 4.79 Å². The third-order valence-corrected chi connectivity index (χ3v) is 5.68. The van der Waals surface area contributed by atoms with E-state index in [1.54, 1.807) is 24.3 Å². The Morgan fingerprint density at radius 2 is 1.93 bits per heavy atom. The van der Waals surface area contributed by atoms with Crippen molar-refractivity contribution < 1.29 is 22.7 Å². The fourth-order valence-corrected chi connectivity index (χ4v) is 3.85. The molecule has 144 valence electrons. The largest absolute Gasteiger partial charge is 0.495 e. The summed E-state index contributed by atoms with van der Waals surface area (Å²) in [5.41, 5.74) is 0.240. The van der Waals surface area contributed by atoms with Crippen molar-refractivity contribution in [1.29, 1.82) is 0 Å². The Hall–Kier alpha value is -2.29. The molecule has 2 aromatic carbocycles. The van der Waals surface area contributed by atoms with Gasteiger partial charge in [0.1, 0.15) is 11.5 Å². The molecule has 0 saturated heterocycles. The van der Waals surface area contributed by atoms with Crippen LogP contribution in [0, 0.1) is 0 Å². The molecular formula is C18H19ClN2O5S. The highest BCUT2D eigenvalue weighted by molar-refractivity contribution is 7.89. The number of carbonyl (C=O) groups is 1. The number of sulfonamides is 1. The molecule has 0 unspecified atom stereocenters. The number of carbonyl (C=O) groups excluding carboxylic acids is 1. The fraction of sp³-hybridized carbons (Fsp3) is 0.278. The van der Waals surface area contributed by atoms with E-state index in [1.165, 1.54) is 25.3 Å². The topological polar surface area (TPSA) is 93.7 Å². The molecule has 1 aliphatic rings. The molecule has 0 radical (unpaired) electrons. The van der Waals surface area contributed by atoms with Crippen molar-refractivity contribution in [1.82, 2.24) is 4.72 Å². The van der Waals surface area contributed by atoms with Crippen LogP contribution < -0.4 is 19.5 Å². The summed E-state index contributed by atoms with van der Waals surface area (Å²) < 4.78 is 37.9. The van der Waals surface area contributed by atoms with Gasteiger partial charge < -0.3 is 14.8 Å². The number of para-hydroxylation sites is 1. The smallest absolute Gasteiger partial charge is 0.262 e. The average Bonchev–Trinajstić information content (AvgIpc) is 3.44. The maximum absolute atomic E-state index is 12.4. The Labute approximate surface area is 162 Å². The average molecular weight is 411 g/mol. The summed E-state index contributed by atoms with van der Waals surface area (Å²) in [6.45, 7) is -0.288. The Balaban J connectivity index is 1.71. The highest BCUT2D eigenvalue weighted by Crippen LogP contribution is 2.29. The van der Waals surface area contributed by atoms with Crippen LogP contribution in [-0.4, -0.2) is 34.1 Å². The Morgan fingerprint density at radius 3 is 2.59 bits per heavy atom. The molecule has 2 aromatic rings. The molecule has 0 atom stereocenters. The molecule has 1 amide bonds. The predicted molar refractivity (Wildman–Crippen MR) is 102 cm³/mol. The number of halogens is 1. The number of ether oxygens (including phenoxy) is 2. The van der Waals surface area contributed by atoms with Crippen molar-refractivity contribution >= 4 is 33.2 Å². The Morgan fingerprint density at radius 1 is 1.19 bits per heavy atom. The second-order valence-electron chi connectivity index (χ2n) is 6.02. The van der Waals surface area contributed by atoms with Crippen molar-refractivity contribution in [3.8, 4) is 11.5 Å². The molecule has 0 aliphatic heterocycles. The molecule has 3 rings (SSSR count). The van der Waals surface area contributed by atoms with Gasteiger partial charge in [-0.1, -0.05) is 23.7 Å². The number of benzene rings is 2. The Kier molecular flexibility index (Phi) is 5.88. The first-order valence-electron chi connectivity index (χ1n) is 8.26. The number of anilines is 1. The molecular weight excluding hydrogens is 392 g/mol. The van der Waals surface area contributed by atoms with Crippen LogP contribution in [0.2, 0.25) is 5.02 Å². The van der Waals surface area contributed by atoms with Gasteiger partial charge in [-0.2, -0.15) is 0 Å². The van der Waals surface area contributed by atoms with Crippen molar-refractivity contribution in [3.05, 3.63) is 47.5 Å². The lowest BCUT2D eigenvalue weighted by Gasteiger charge is -2.13. The first kappa shape index (κ1) is 19.5. The van der Waals surface area contributed by atoms with Crippen LogP contribution in [0.4, 0.5) is 5.69 Å². The number of methoxy groups -OCH3 is 1. The van der Waals surface area contributed by atoms with Crippen LogP contribution in [-0.2, 0) is 14.8 Å². The number of rotatable bonds is 8. The van der Waals surface area contributed by atoms with E-state index >= 15 is 0 Å². The summed E-state index contributed by atoms with van der Waals surface area (Å²) in [4.78, 5) is 12.3. The van der Waals surface area contributed by atoms with Crippen LogP contribution in [0.1, 0.15) is 12.8 Å². The van der Waals surface area contributed by atoms with E-state index in [9.17, 15) is 13.2 Å². The second-order valence-corrected chi connectivity index (χ2v) is 8.15. The zero-order valence-electron chi connectivity index (χ0n) is 14.6. The van der Waals surface area contributed by atoms with Gasteiger partial charge in [0.15, 0.2) is 6.61 Å². The third-order valence-electron chi connectivity index (χ3n) is 3.85. The molecule has 7 nitrogen and oxygen atoms in total. The number of hydrogen-bond donors (Lipinski definition) is 2. The lowest BCUT2D eigenvalue weighted by Crippen LogP contribution is -2.26. The monoisotopic (exact) mass is 410 g/mol. The highest BCUT2D eigenvalue weighted by atomic mass is 35.5. The van der Waals surface area contributed by atoms with Gasteiger partial charge in [-0.15, -0.1) is 0 Å². The molecule has 0 spiro atoms. The summed E-state index contributed by atoms with van der Waals surface area (Å²) in [5, 5.41) is 3.00. The molecule has 1 fully saturated rings. The first-order chi connectivity index (χ1) is 12.9. The van der Waals surface area contributed by atoms with Crippen molar-refractivity contribution in [2.75, 3.05) is 19.0 Å². The minimum Gasteiger partial charge on any atom is -0.495 e. The molecule has 9 heteroatoms. The maximum Gasteiger partial charge on any atom is 0.262 e. The highest BCUT2D eigenvalue weighted by Gasteiger charge is 2.28. The Bertz CT molecular complexity index is 945. The van der Waals surface area contributed by atoms with E-state index in [-0.39, 0.29) is 23.2 Å². The number of amides is 1. The lowest BCUT2D eigenvalue weighted by atomic mass is 10.3. The molecule has 27 heavy (non-hydrogen) atoms. The molecule has 0 bridgehead atoms. The van der Waals surface area contributed by atoms with E-state index < -0.39 is 15.9 Å². The predicted octanol–water partition coefficient (Wildman–Crippen LogP) is 2.81. The summed E-state index contributed by atoms with van der Waals surface area (Å²) in [7, 11) is -2.21. The molecule has 0 aromatic heterocycles. The van der Waals surface area contributed by atoms with Crippen LogP contribution in [0.15, 0.2) is 47.4 Å². The minimum atomic E-state index is -3.65. The molecule has 1 aliphatic carbocycles. The minimum absolute atomic E-state index is 0.0147. The summed E-state index contributed by atoms with van der Waals surface area (Å²) >= 11 is 5.98. The van der Waals surface area contributed by atoms with Gasteiger partial charge in [-0.25, -0.2) is 13.1 Å². The first-order valence-corrected chi connectivity index (χ1v) is 10.1. The van der Waals surface area contributed by atoms with E-state index in [2.05, 4.69) is 10.0 Å². The summed E-state index contributed by atoms with van der Waals surface area (Å²) in [6.07, 6.45) is 1.66. The van der Waals surface area contributed by atoms with Crippen LogP contribution in [0.25, 0.3) is 0 Å². The summed E-state index contributed by atoms with van der Waals surface area (Å²) in [6, 6.07) is 11.1. The SMILES string of the molecule is COc1ccc(S(=O)(=O)NC2CC2)cc1NC(=O)COc1ccccc1Cl. The van der Waals surface area contributed by atoms with Crippen molar-refractivity contribution in [2.24, 2.45) is 0 Å². The zero-order chi connectivity index (χ0) is 19.4. The molecule has 0 heterocycles. The number of hydrogen-bond acceptors (Lipinski definition) is 5. The maximum atomic E-state index is 12.4. The standard InChI is InChI=1S/C18H19ClN2O5S/c1-25-17-9-8-13(27(23,24)21-12-6-7-12)10-15(17)20-18(22)11-26-16-5-3-2-4-14(16)19/h2-5,8-10,12,21H,6-7,11H2,1H3,(H,20,22).